The van der Waals surface area contributed by atoms with Crippen LogP contribution in [0.25, 0.3) is 11.1 Å². The Morgan fingerprint density at radius 3 is 2.15 bits per heavy atom. The summed E-state index contributed by atoms with van der Waals surface area (Å²) in [5, 5.41) is 14.5. The second-order valence-electron chi connectivity index (χ2n) is 9.16. The van der Waals surface area contributed by atoms with E-state index in [9.17, 15) is 14.4 Å². The van der Waals surface area contributed by atoms with Crippen molar-refractivity contribution in [2.75, 3.05) is 6.61 Å². The fraction of sp³-hybridized carbons (Fsp3) is 0.423. The van der Waals surface area contributed by atoms with Crippen LogP contribution in [-0.4, -0.2) is 41.3 Å². The molecular formula is C26H32N2O5. The molecule has 33 heavy (non-hydrogen) atoms. The van der Waals surface area contributed by atoms with Gasteiger partial charge in [-0.15, -0.1) is 0 Å². The van der Waals surface area contributed by atoms with Crippen molar-refractivity contribution in [2.24, 2.45) is 0 Å². The number of fused-ring (bicyclic) bond motifs is 3. The van der Waals surface area contributed by atoms with Crippen LogP contribution in [0.2, 0.25) is 0 Å². The molecule has 176 valence electrons. The van der Waals surface area contributed by atoms with Gasteiger partial charge in [-0.3, -0.25) is 9.59 Å². The third-order valence-electron chi connectivity index (χ3n) is 5.81. The lowest BCUT2D eigenvalue weighted by atomic mass is 9.98. The minimum atomic E-state index is -0.984. The molecular weight excluding hydrogens is 420 g/mol. The van der Waals surface area contributed by atoms with Gasteiger partial charge in [0.15, 0.2) is 0 Å². The molecule has 3 N–H and O–H groups in total. The van der Waals surface area contributed by atoms with E-state index in [0.29, 0.717) is 6.42 Å². The summed E-state index contributed by atoms with van der Waals surface area (Å²) in [6.45, 7) is 5.49. The van der Waals surface area contributed by atoms with E-state index in [2.05, 4.69) is 34.9 Å². The Bertz CT molecular complexity index is 972. The molecule has 0 radical (unpaired) electrons. The zero-order valence-corrected chi connectivity index (χ0v) is 19.4. The van der Waals surface area contributed by atoms with Crippen LogP contribution in [0, 0.1) is 0 Å². The Labute approximate surface area is 194 Å². The van der Waals surface area contributed by atoms with Gasteiger partial charge in [-0.2, -0.15) is 0 Å². The summed E-state index contributed by atoms with van der Waals surface area (Å²) in [5.41, 5.74) is 3.72. The molecule has 0 heterocycles. The van der Waals surface area contributed by atoms with E-state index in [-0.39, 0.29) is 31.3 Å². The van der Waals surface area contributed by atoms with Crippen molar-refractivity contribution in [2.45, 2.75) is 64.0 Å². The number of carboxylic acids is 1. The summed E-state index contributed by atoms with van der Waals surface area (Å²) >= 11 is 0. The van der Waals surface area contributed by atoms with Crippen molar-refractivity contribution in [3.05, 3.63) is 59.7 Å². The maximum Gasteiger partial charge on any atom is 0.407 e. The first kappa shape index (κ1) is 24.3. The van der Waals surface area contributed by atoms with E-state index in [1.54, 1.807) is 13.8 Å². The monoisotopic (exact) mass is 452 g/mol. The van der Waals surface area contributed by atoms with Crippen LogP contribution in [0.4, 0.5) is 4.79 Å². The number of carbonyl (C=O) groups excluding carboxylic acids is 2. The first-order chi connectivity index (χ1) is 15.7. The number of hydrogen-bond donors (Lipinski definition) is 3. The molecule has 2 aromatic rings. The summed E-state index contributed by atoms with van der Waals surface area (Å²) in [6, 6.07) is 15.9. The van der Waals surface area contributed by atoms with Crippen molar-refractivity contribution in [3.8, 4) is 11.1 Å². The fourth-order valence-electron chi connectivity index (χ4n) is 4.45. The fourth-order valence-corrected chi connectivity index (χ4v) is 4.45. The molecule has 0 bridgehead atoms. The number of hydrogen-bond acceptors (Lipinski definition) is 4. The average molecular weight is 453 g/mol. The Morgan fingerprint density at radius 1 is 1.03 bits per heavy atom. The third kappa shape index (κ3) is 6.34. The van der Waals surface area contributed by atoms with Crippen LogP contribution in [0.1, 0.15) is 63.5 Å². The summed E-state index contributed by atoms with van der Waals surface area (Å²) in [7, 11) is 0. The normalized spacial score (nSPS) is 13.5. The SMILES string of the molecule is CCC[C@H](CC(=O)NC(C)(C)CC(=O)O)NC(=O)OCC1c2ccccc2-c2ccccc21. The van der Waals surface area contributed by atoms with E-state index in [0.717, 1.165) is 28.7 Å². The minimum absolute atomic E-state index is 0.0344. The molecule has 0 saturated carbocycles. The summed E-state index contributed by atoms with van der Waals surface area (Å²) < 4.78 is 5.59. The molecule has 2 amide bonds. The van der Waals surface area contributed by atoms with Crippen LogP contribution in [0.5, 0.6) is 0 Å². The quantitative estimate of drug-likeness (QED) is 0.494. The Balaban J connectivity index is 1.58. The van der Waals surface area contributed by atoms with Gasteiger partial charge in [0, 0.05) is 23.9 Å². The topological polar surface area (TPSA) is 105 Å². The molecule has 0 unspecified atom stereocenters. The summed E-state index contributed by atoms with van der Waals surface area (Å²) in [6.07, 6.45) is 0.697. The van der Waals surface area contributed by atoms with E-state index in [1.165, 1.54) is 0 Å². The minimum Gasteiger partial charge on any atom is -0.481 e. The van der Waals surface area contributed by atoms with Gasteiger partial charge in [-0.1, -0.05) is 61.9 Å². The maximum atomic E-state index is 12.6. The largest absolute Gasteiger partial charge is 0.481 e. The molecule has 0 spiro atoms. The van der Waals surface area contributed by atoms with Gasteiger partial charge in [0.1, 0.15) is 6.61 Å². The Kier molecular flexibility index (Phi) is 7.74. The number of carboxylic acid groups (broad SMARTS) is 1. The van der Waals surface area contributed by atoms with Gasteiger partial charge in [0.25, 0.3) is 0 Å². The Morgan fingerprint density at radius 2 is 1.61 bits per heavy atom. The van der Waals surface area contributed by atoms with E-state index >= 15 is 0 Å². The van der Waals surface area contributed by atoms with Crippen LogP contribution in [-0.2, 0) is 14.3 Å². The van der Waals surface area contributed by atoms with E-state index < -0.39 is 23.6 Å². The lowest BCUT2D eigenvalue weighted by Crippen LogP contribution is -2.47. The highest BCUT2D eigenvalue weighted by Crippen LogP contribution is 2.44. The van der Waals surface area contributed by atoms with Gasteiger partial charge in [-0.25, -0.2) is 4.79 Å². The zero-order chi connectivity index (χ0) is 24.0. The van der Waals surface area contributed by atoms with E-state index in [1.807, 2.05) is 31.2 Å². The molecule has 3 rings (SSSR count). The van der Waals surface area contributed by atoms with Crippen molar-refractivity contribution in [1.82, 2.24) is 10.6 Å². The molecule has 2 aromatic carbocycles. The highest BCUT2D eigenvalue weighted by Gasteiger charge is 2.30. The molecule has 1 aliphatic rings. The predicted molar refractivity (Wildman–Crippen MR) is 126 cm³/mol. The molecule has 0 aliphatic heterocycles. The molecule has 7 heteroatoms. The molecule has 1 atom stereocenters. The molecule has 1 aliphatic carbocycles. The van der Waals surface area contributed by atoms with Crippen molar-refractivity contribution in [3.63, 3.8) is 0 Å². The van der Waals surface area contributed by atoms with Crippen molar-refractivity contribution in [1.29, 1.82) is 0 Å². The molecule has 0 saturated heterocycles. The number of rotatable bonds is 10. The van der Waals surface area contributed by atoms with Crippen molar-refractivity contribution >= 4 is 18.0 Å². The maximum absolute atomic E-state index is 12.6. The second-order valence-corrected chi connectivity index (χ2v) is 9.16. The van der Waals surface area contributed by atoms with Gasteiger partial charge in [-0.05, 0) is 42.5 Å². The summed E-state index contributed by atoms with van der Waals surface area (Å²) in [4.78, 5) is 36.0. The highest BCUT2D eigenvalue weighted by atomic mass is 16.5. The van der Waals surface area contributed by atoms with Gasteiger partial charge < -0.3 is 20.5 Å². The first-order valence-corrected chi connectivity index (χ1v) is 11.3. The number of carbonyl (C=O) groups is 3. The number of nitrogens with one attached hydrogen (secondary N) is 2. The predicted octanol–water partition coefficient (Wildman–Crippen LogP) is 4.45. The lowest BCUT2D eigenvalue weighted by Gasteiger charge is -2.26. The number of alkyl carbamates (subject to hydrolysis) is 1. The van der Waals surface area contributed by atoms with Crippen LogP contribution in [0.3, 0.4) is 0 Å². The Hall–Kier alpha value is -3.35. The second kappa shape index (κ2) is 10.5. The van der Waals surface area contributed by atoms with Crippen LogP contribution < -0.4 is 10.6 Å². The standard InChI is InChI=1S/C26H32N2O5/c1-4-9-17(14-23(29)28-26(2,3)15-24(30)31)27-25(32)33-16-22-20-12-7-5-10-18(20)19-11-6-8-13-21(19)22/h5-8,10-13,17,22H,4,9,14-16H2,1-3H3,(H,27,32)(H,28,29)(H,30,31)/t17-/m1/s1. The highest BCUT2D eigenvalue weighted by molar-refractivity contribution is 5.80. The molecule has 0 aromatic heterocycles. The van der Waals surface area contributed by atoms with Gasteiger partial charge >= 0.3 is 12.1 Å². The number of aliphatic carboxylic acids is 1. The lowest BCUT2D eigenvalue weighted by molar-refractivity contribution is -0.138. The molecule has 7 nitrogen and oxygen atoms in total. The van der Waals surface area contributed by atoms with Crippen molar-refractivity contribution < 1.29 is 24.2 Å². The van der Waals surface area contributed by atoms with Gasteiger partial charge in [0.2, 0.25) is 5.91 Å². The van der Waals surface area contributed by atoms with E-state index in [4.69, 9.17) is 9.84 Å². The van der Waals surface area contributed by atoms with Crippen LogP contribution >= 0.6 is 0 Å². The smallest absolute Gasteiger partial charge is 0.407 e. The zero-order valence-electron chi connectivity index (χ0n) is 19.4. The molecule has 0 fully saturated rings. The number of ether oxygens (including phenoxy) is 1. The number of amides is 2. The first-order valence-electron chi connectivity index (χ1n) is 11.3. The number of benzene rings is 2. The summed E-state index contributed by atoms with van der Waals surface area (Å²) in [5.74, 6) is -1.33. The van der Waals surface area contributed by atoms with Gasteiger partial charge in [0.05, 0.1) is 6.42 Å². The van der Waals surface area contributed by atoms with Crippen LogP contribution in [0.15, 0.2) is 48.5 Å². The average Bonchev–Trinajstić information content (AvgIpc) is 3.04. The third-order valence-corrected chi connectivity index (χ3v) is 5.81.